The summed E-state index contributed by atoms with van der Waals surface area (Å²) >= 11 is 0. The first-order valence-electron chi connectivity index (χ1n) is 8.43. The zero-order valence-corrected chi connectivity index (χ0v) is 13.9. The number of carbonyl (C=O) groups is 1. The second kappa shape index (κ2) is 14.6. The fraction of sp³-hybridized carbons (Fsp3) is 0.833. The van der Waals surface area contributed by atoms with Gasteiger partial charge in [0.1, 0.15) is 0 Å². The van der Waals surface area contributed by atoms with Gasteiger partial charge in [-0.2, -0.15) is 0 Å². The molecule has 0 aromatic carbocycles. The van der Waals surface area contributed by atoms with E-state index in [-0.39, 0.29) is 5.97 Å². The van der Waals surface area contributed by atoms with Crippen molar-refractivity contribution >= 4 is 5.97 Å². The SMILES string of the molecule is CCCCCCCCC/C(C)=C\CCCCC(=O)OC. The second-order valence-electron chi connectivity index (χ2n) is 5.74. The molecule has 20 heavy (non-hydrogen) atoms. The summed E-state index contributed by atoms with van der Waals surface area (Å²) < 4.78 is 4.62. The van der Waals surface area contributed by atoms with Crippen molar-refractivity contribution in [3.8, 4) is 0 Å². The number of carbonyl (C=O) groups excluding carboxylic acids is 1. The summed E-state index contributed by atoms with van der Waals surface area (Å²) in [5.41, 5.74) is 1.51. The van der Waals surface area contributed by atoms with Gasteiger partial charge in [0, 0.05) is 6.42 Å². The lowest BCUT2D eigenvalue weighted by atomic mass is 10.0. The quantitative estimate of drug-likeness (QED) is 0.242. The number of allylic oxidation sites excluding steroid dienone is 2. The molecule has 0 unspecified atom stereocenters. The van der Waals surface area contributed by atoms with Crippen LogP contribution >= 0.6 is 0 Å². The lowest BCUT2D eigenvalue weighted by molar-refractivity contribution is -0.140. The number of unbranched alkanes of at least 4 members (excludes halogenated alkanes) is 8. The lowest BCUT2D eigenvalue weighted by Gasteiger charge is -2.03. The van der Waals surface area contributed by atoms with Crippen LogP contribution in [0.1, 0.15) is 90.9 Å². The average Bonchev–Trinajstić information content (AvgIpc) is 2.45. The molecule has 0 aromatic rings. The van der Waals surface area contributed by atoms with Gasteiger partial charge in [-0.05, 0) is 39.0 Å². The number of esters is 1. The van der Waals surface area contributed by atoms with Crippen LogP contribution in [0.15, 0.2) is 11.6 Å². The van der Waals surface area contributed by atoms with Crippen molar-refractivity contribution in [2.24, 2.45) is 0 Å². The molecule has 2 heteroatoms. The van der Waals surface area contributed by atoms with Crippen molar-refractivity contribution in [1.82, 2.24) is 0 Å². The molecule has 0 heterocycles. The van der Waals surface area contributed by atoms with E-state index in [4.69, 9.17) is 0 Å². The van der Waals surface area contributed by atoms with E-state index in [1.54, 1.807) is 0 Å². The Morgan fingerprint density at radius 2 is 1.50 bits per heavy atom. The van der Waals surface area contributed by atoms with Crippen LogP contribution < -0.4 is 0 Å². The lowest BCUT2D eigenvalue weighted by Crippen LogP contribution is -1.98. The minimum absolute atomic E-state index is 0.0891. The zero-order chi connectivity index (χ0) is 15.1. The van der Waals surface area contributed by atoms with Crippen LogP contribution in [0, 0.1) is 0 Å². The fourth-order valence-electron chi connectivity index (χ4n) is 2.33. The summed E-state index contributed by atoms with van der Waals surface area (Å²) in [6.45, 7) is 4.50. The van der Waals surface area contributed by atoms with E-state index in [1.165, 1.54) is 64.0 Å². The third-order valence-electron chi connectivity index (χ3n) is 3.73. The third-order valence-corrected chi connectivity index (χ3v) is 3.73. The smallest absolute Gasteiger partial charge is 0.305 e. The van der Waals surface area contributed by atoms with Crippen LogP contribution in [-0.4, -0.2) is 13.1 Å². The zero-order valence-electron chi connectivity index (χ0n) is 13.9. The molecule has 0 saturated carbocycles. The summed E-state index contributed by atoms with van der Waals surface area (Å²) in [6.07, 6.45) is 16.9. The molecule has 0 atom stereocenters. The third kappa shape index (κ3) is 13.6. The minimum Gasteiger partial charge on any atom is -0.469 e. The largest absolute Gasteiger partial charge is 0.469 e. The van der Waals surface area contributed by atoms with Crippen molar-refractivity contribution in [1.29, 1.82) is 0 Å². The van der Waals surface area contributed by atoms with Gasteiger partial charge in [0.05, 0.1) is 7.11 Å². The molecule has 118 valence electrons. The highest BCUT2D eigenvalue weighted by atomic mass is 16.5. The summed E-state index contributed by atoms with van der Waals surface area (Å²) in [6, 6.07) is 0. The number of hydrogen-bond donors (Lipinski definition) is 0. The van der Waals surface area contributed by atoms with Gasteiger partial charge in [-0.15, -0.1) is 0 Å². The van der Waals surface area contributed by atoms with E-state index < -0.39 is 0 Å². The maximum Gasteiger partial charge on any atom is 0.305 e. The molecule has 0 aliphatic carbocycles. The van der Waals surface area contributed by atoms with E-state index in [0.29, 0.717) is 6.42 Å². The van der Waals surface area contributed by atoms with Gasteiger partial charge >= 0.3 is 5.97 Å². The normalized spacial score (nSPS) is 11.7. The molecule has 2 nitrogen and oxygen atoms in total. The highest BCUT2D eigenvalue weighted by Crippen LogP contribution is 2.13. The summed E-state index contributed by atoms with van der Waals surface area (Å²) in [5.74, 6) is -0.0891. The predicted molar refractivity (Wildman–Crippen MR) is 86.9 cm³/mol. The average molecular weight is 282 g/mol. The van der Waals surface area contributed by atoms with E-state index in [2.05, 4.69) is 24.7 Å². The van der Waals surface area contributed by atoms with E-state index in [9.17, 15) is 4.79 Å². The molecule has 0 radical (unpaired) electrons. The fourth-order valence-corrected chi connectivity index (χ4v) is 2.33. The molecule has 0 aromatic heterocycles. The summed E-state index contributed by atoms with van der Waals surface area (Å²) in [4.78, 5) is 10.9. The summed E-state index contributed by atoms with van der Waals surface area (Å²) in [5, 5.41) is 0. The van der Waals surface area contributed by atoms with Crippen molar-refractivity contribution in [3.63, 3.8) is 0 Å². The van der Waals surface area contributed by atoms with Crippen molar-refractivity contribution in [2.45, 2.75) is 90.9 Å². The Hall–Kier alpha value is -0.790. The van der Waals surface area contributed by atoms with Crippen molar-refractivity contribution in [2.75, 3.05) is 7.11 Å². The molecule has 0 spiro atoms. The Bertz CT molecular complexity index is 256. The van der Waals surface area contributed by atoms with E-state index >= 15 is 0 Å². The Balaban J connectivity index is 3.35. The van der Waals surface area contributed by atoms with Crippen molar-refractivity contribution < 1.29 is 9.53 Å². The highest BCUT2D eigenvalue weighted by Gasteiger charge is 1.98. The van der Waals surface area contributed by atoms with Gasteiger partial charge in [0.15, 0.2) is 0 Å². The van der Waals surface area contributed by atoms with Crippen LogP contribution in [-0.2, 0) is 9.53 Å². The number of ether oxygens (including phenoxy) is 1. The Morgan fingerprint density at radius 1 is 0.900 bits per heavy atom. The standard InChI is InChI=1S/C18H34O2/c1-4-5-6-7-8-9-11-14-17(2)15-12-10-13-16-18(19)20-3/h15H,4-14,16H2,1-3H3/b17-15-. The molecule has 0 bridgehead atoms. The Morgan fingerprint density at radius 3 is 2.15 bits per heavy atom. The van der Waals surface area contributed by atoms with Gasteiger partial charge < -0.3 is 4.74 Å². The molecule has 0 amide bonds. The maximum atomic E-state index is 10.9. The summed E-state index contributed by atoms with van der Waals surface area (Å²) in [7, 11) is 1.45. The first kappa shape index (κ1) is 19.2. The number of methoxy groups -OCH3 is 1. The van der Waals surface area contributed by atoms with Gasteiger partial charge in [-0.25, -0.2) is 0 Å². The Labute approximate surface area is 126 Å². The number of rotatable bonds is 13. The molecule has 0 aliphatic heterocycles. The first-order valence-corrected chi connectivity index (χ1v) is 8.43. The molecule has 0 fully saturated rings. The molecule has 0 aliphatic rings. The molecule has 0 rings (SSSR count). The number of hydrogen-bond acceptors (Lipinski definition) is 2. The van der Waals surface area contributed by atoms with Gasteiger partial charge in [0.2, 0.25) is 0 Å². The maximum absolute atomic E-state index is 10.9. The topological polar surface area (TPSA) is 26.3 Å². The van der Waals surface area contributed by atoms with Crippen LogP contribution in [0.2, 0.25) is 0 Å². The van der Waals surface area contributed by atoms with Crippen molar-refractivity contribution in [3.05, 3.63) is 11.6 Å². The van der Waals surface area contributed by atoms with E-state index in [1.807, 2.05) is 0 Å². The second-order valence-corrected chi connectivity index (χ2v) is 5.74. The van der Waals surface area contributed by atoms with Crippen LogP contribution in [0.3, 0.4) is 0 Å². The molecule has 0 N–H and O–H groups in total. The monoisotopic (exact) mass is 282 g/mol. The predicted octanol–water partition coefficient (Wildman–Crippen LogP) is 5.81. The van der Waals surface area contributed by atoms with Gasteiger partial charge in [0.25, 0.3) is 0 Å². The van der Waals surface area contributed by atoms with Crippen LogP contribution in [0.25, 0.3) is 0 Å². The van der Waals surface area contributed by atoms with Gasteiger partial charge in [-0.3, -0.25) is 4.79 Å². The first-order chi connectivity index (χ1) is 9.70. The van der Waals surface area contributed by atoms with Crippen LogP contribution in [0.5, 0.6) is 0 Å². The van der Waals surface area contributed by atoms with Crippen LogP contribution in [0.4, 0.5) is 0 Å². The Kier molecular flexibility index (Phi) is 14.0. The van der Waals surface area contributed by atoms with E-state index in [0.717, 1.165) is 19.3 Å². The minimum atomic E-state index is -0.0891. The molecular weight excluding hydrogens is 248 g/mol. The molecular formula is C18H34O2. The molecule has 0 saturated heterocycles. The van der Waals surface area contributed by atoms with Gasteiger partial charge in [-0.1, -0.05) is 57.1 Å². The highest BCUT2D eigenvalue weighted by molar-refractivity contribution is 5.68.